The van der Waals surface area contributed by atoms with E-state index in [1.165, 1.54) is 0 Å². The Labute approximate surface area is 92.3 Å². The van der Waals surface area contributed by atoms with Gasteiger partial charge in [-0.15, -0.1) is 0 Å². The quantitative estimate of drug-likeness (QED) is 0.772. The first-order chi connectivity index (χ1) is 6.70. The lowest BCUT2D eigenvalue weighted by molar-refractivity contribution is 0.887. The zero-order valence-electron chi connectivity index (χ0n) is 7.17. The van der Waals surface area contributed by atoms with Gasteiger partial charge in [0.1, 0.15) is 0 Å². The van der Waals surface area contributed by atoms with Crippen molar-refractivity contribution in [2.45, 2.75) is 12.3 Å². The summed E-state index contributed by atoms with van der Waals surface area (Å²) in [6.45, 7) is 0. The lowest BCUT2D eigenvalue weighted by Gasteiger charge is -2.09. The van der Waals surface area contributed by atoms with Gasteiger partial charge in [0.15, 0.2) is 0 Å². The summed E-state index contributed by atoms with van der Waals surface area (Å²) in [5.74, 6) is -0.554. The molecule has 0 aliphatic rings. The number of benzene rings is 1. The van der Waals surface area contributed by atoms with Gasteiger partial charge in [0.05, 0.1) is 24.5 Å². The normalized spacial score (nSPS) is 11.4. The largest absolute Gasteiger partial charge is 0.198 e. The molecule has 70 valence electrons. The summed E-state index contributed by atoms with van der Waals surface area (Å²) in [4.78, 5) is 0. The molecule has 0 aromatic heterocycles. The highest BCUT2D eigenvalue weighted by atomic mass is 35.5. The van der Waals surface area contributed by atoms with E-state index in [-0.39, 0.29) is 6.42 Å². The standard InChI is InChI=1S/C10H6Cl2N2/c11-8-2-1-3-9(12)10(8)7(6-14)4-5-13/h1-3,7H,4H2. The number of rotatable bonds is 2. The monoisotopic (exact) mass is 224 g/mol. The van der Waals surface area contributed by atoms with Crippen LogP contribution in [0.4, 0.5) is 0 Å². The second kappa shape index (κ2) is 4.86. The van der Waals surface area contributed by atoms with Crippen molar-refractivity contribution < 1.29 is 0 Å². The Kier molecular flexibility index (Phi) is 3.77. The summed E-state index contributed by atoms with van der Waals surface area (Å²) >= 11 is 11.8. The average molecular weight is 225 g/mol. The molecule has 1 rings (SSSR count). The van der Waals surface area contributed by atoms with Gasteiger partial charge in [-0.1, -0.05) is 29.3 Å². The van der Waals surface area contributed by atoms with E-state index in [0.717, 1.165) is 0 Å². The lowest BCUT2D eigenvalue weighted by Crippen LogP contribution is -1.96. The van der Waals surface area contributed by atoms with Crippen LogP contribution in [0.3, 0.4) is 0 Å². The Morgan fingerprint density at radius 3 is 2.21 bits per heavy atom. The molecule has 1 atom stereocenters. The number of halogens is 2. The second-order valence-electron chi connectivity index (χ2n) is 2.68. The van der Waals surface area contributed by atoms with Crippen LogP contribution >= 0.6 is 23.2 Å². The zero-order valence-corrected chi connectivity index (χ0v) is 8.68. The van der Waals surface area contributed by atoms with Gasteiger partial charge in [-0.2, -0.15) is 10.5 Å². The summed E-state index contributed by atoms with van der Waals surface area (Å²) in [6.07, 6.45) is 0.0972. The molecule has 0 fully saturated rings. The molecule has 0 amide bonds. The van der Waals surface area contributed by atoms with Crippen molar-refractivity contribution in [2.24, 2.45) is 0 Å². The average Bonchev–Trinajstić information content (AvgIpc) is 2.16. The molecule has 0 spiro atoms. The maximum atomic E-state index is 8.84. The molecule has 0 aliphatic heterocycles. The van der Waals surface area contributed by atoms with Crippen molar-refractivity contribution in [3.8, 4) is 12.1 Å². The first-order valence-corrected chi connectivity index (χ1v) is 4.66. The van der Waals surface area contributed by atoms with Crippen LogP contribution in [-0.2, 0) is 0 Å². The predicted octanol–water partition coefficient (Wildman–Crippen LogP) is 3.51. The van der Waals surface area contributed by atoms with Crippen molar-refractivity contribution in [1.82, 2.24) is 0 Å². The van der Waals surface area contributed by atoms with Crippen molar-refractivity contribution in [3.05, 3.63) is 33.8 Å². The van der Waals surface area contributed by atoms with E-state index in [4.69, 9.17) is 33.7 Å². The third-order valence-electron chi connectivity index (χ3n) is 1.80. The third-order valence-corrected chi connectivity index (χ3v) is 2.46. The molecule has 1 unspecified atom stereocenters. The molecule has 1 aromatic carbocycles. The fourth-order valence-electron chi connectivity index (χ4n) is 1.15. The molecule has 0 N–H and O–H groups in total. The molecule has 1 aromatic rings. The highest BCUT2D eigenvalue weighted by Gasteiger charge is 2.16. The fourth-order valence-corrected chi connectivity index (χ4v) is 1.81. The summed E-state index contributed by atoms with van der Waals surface area (Å²) in [7, 11) is 0. The van der Waals surface area contributed by atoms with E-state index in [1.54, 1.807) is 18.2 Å². The fraction of sp³-hybridized carbons (Fsp3) is 0.200. The molecule has 0 saturated heterocycles. The Morgan fingerprint density at radius 2 is 1.79 bits per heavy atom. The molecule has 2 nitrogen and oxygen atoms in total. The molecule has 0 bridgehead atoms. The van der Waals surface area contributed by atoms with Crippen LogP contribution in [-0.4, -0.2) is 0 Å². The highest BCUT2D eigenvalue weighted by Crippen LogP contribution is 2.32. The minimum absolute atomic E-state index is 0.0972. The predicted molar refractivity (Wildman–Crippen MR) is 55.0 cm³/mol. The molecular weight excluding hydrogens is 219 g/mol. The molecule has 0 radical (unpaired) electrons. The van der Waals surface area contributed by atoms with E-state index in [0.29, 0.717) is 15.6 Å². The van der Waals surface area contributed by atoms with Crippen molar-refractivity contribution >= 4 is 23.2 Å². The minimum atomic E-state index is -0.554. The minimum Gasteiger partial charge on any atom is -0.198 e. The summed E-state index contributed by atoms with van der Waals surface area (Å²) in [6, 6.07) is 8.96. The van der Waals surface area contributed by atoms with Gasteiger partial charge in [-0.25, -0.2) is 0 Å². The molecule has 0 heterocycles. The maximum Gasteiger partial charge on any atom is 0.0871 e. The lowest BCUT2D eigenvalue weighted by atomic mass is 9.98. The van der Waals surface area contributed by atoms with Crippen molar-refractivity contribution in [2.75, 3.05) is 0 Å². The number of nitrogens with zero attached hydrogens (tertiary/aromatic N) is 2. The van der Waals surface area contributed by atoms with Gasteiger partial charge in [0.25, 0.3) is 0 Å². The van der Waals surface area contributed by atoms with Crippen LogP contribution in [0.25, 0.3) is 0 Å². The molecule has 4 heteroatoms. The van der Waals surface area contributed by atoms with Gasteiger partial charge in [-0.3, -0.25) is 0 Å². The third kappa shape index (κ3) is 2.17. The Bertz CT molecular complexity index is 395. The van der Waals surface area contributed by atoms with Gasteiger partial charge in [-0.05, 0) is 12.1 Å². The van der Waals surface area contributed by atoms with E-state index >= 15 is 0 Å². The van der Waals surface area contributed by atoms with Gasteiger partial charge in [0.2, 0.25) is 0 Å². The summed E-state index contributed by atoms with van der Waals surface area (Å²) in [5, 5.41) is 18.2. The first-order valence-electron chi connectivity index (χ1n) is 3.91. The van der Waals surface area contributed by atoms with Crippen LogP contribution in [0.5, 0.6) is 0 Å². The smallest absolute Gasteiger partial charge is 0.0871 e. The van der Waals surface area contributed by atoms with E-state index < -0.39 is 5.92 Å². The van der Waals surface area contributed by atoms with E-state index in [9.17, 15) is 0 Å². The van der Waals surface area contributed by atoms with Crippen LogP contribution < -0.4 is 0 Å². The number of hydrogen-bond acceptors (Lipinski definition) is 2. The van der Waals surface area contributed by atoms with Gasteiger partial charge < -0.3 is 0 Å². The Morgan fingerprint density at radius 1 is 1.21 bits per heavy atom. The Balaban J connectivity index is 3.18. The number of nitriles is 2. The first kappa shape index (κ1) is 10.9. The Hall–Kier alpha value is -1.22. The van der Waals surface area contributed by atoms with Crippen LogP contribution in [0.2, 0.25) is 10.0 Å². The van der Waals surface area contributed by atoms with E-state index in [2.05, 4.69) is 0 Å². The molecule has 0 aliphatic carbocycles. The number of hydrogen-bond donors (Lipinski definition) is 0. The van der Waals surface area contributed by atoms with Gasteiger partial charge in [0, 0.05) is 15.6 Å². The van der Waals surface area contributed by atoms with Crippen molar-refractivity contribution in [1.29, 1.82) is 10.5 Å². The second-order valence-corrected chi connectivity index (χ2v) is 3.49. The van der Waals surface area contributed by atoms with Crippen LogP contribution in [0.15, 0.2) is 18.2 Å². The molecular formula is C10H6Cl2N2. The zero-order chi connectivity index (χ0) is 10.6. The topological polar surface area (TPSA) is 47.6 Å². The van der Waals surface area contributed by atoms with Gasteiger partial charge >= 0.3 is 0 Å². The molecule has 0 saturated carbocycles. The highest BCUT2D eigenvalue weighted by molar-refractivity contribution is 6.36. The SMILES string of the molecule is N#CCC(C#N)c1c(Cl)cccc1Cl. The maximum absolute atomic E-state index is 8.84. The van der Waals surface area contributed by atoms with Crippen molar-refractivity contribution in [3.63, 3.8) is 0 Å². The molecule has 14 heavy (non-hydrogen) atoms. The summed E-state index contributed by atoms with van der Waals surface area (Å²) in [5.41, 5.74) is 0.542. The van der Waals surface area contributed by atoms with E-state index in [1.807, 2.05) is 12.1 Å². The van der Waals surface area contributed by atoms with Crippen LogP contribution in [0, 0.1) is 22.7 Å². The summed E-state index contributed by atoms with van der Waals surface area (Å²) < 4.78 is 0. The van der Waals surface area contributed by atoms with Crippen LogP contribution in [0.1, 0.15) is 17.9 Å².